The van der Waals surface area contributed by atoms with Gasteiger partial charge in [0.1, 0.15) is 6.54 Å². The van der Waals surface area contributed by atoms with Crippen LogP contribution in [0.2, 0.25) is 0 Å². The van der Waals surface area contributed by atoms with E-state index in [1.165, 1.54) is 24.4 Å². The van der Waals surface area contributed by atoms with Crippen LogP contribution in [-0.2, 0) is 16.1 Å². The van der Waals surface area contributed by atoms with Crippen LogP contribution < -0.4 is 0 Å². The third-order valence-corrected chi connectivity index (χ3v) is 3.55. The number of esters is 1. The summed E-state index contributed by atoms with van der Waals surface area (Å²) in [6.45, 7) is 2.22. The van der Waals surface area contributed by atoms with E-state index in [0.717, 1.165) is 16.4 Å². The fourth-order valence-electron chi connectivity index (χ4n) is 1.82. The molecule has 0 aliphatic rings. The summed E-state index contributed by atoms with van der Waals surface area (Å²) in [7, 11) is 1.39. The van der Waals surface area contributed by atoms with Crippen LogP contribution in [0.3, 0.4) is 0 Å². The number of aromatic nitrogens is 2. The summed E-state index contributed by atoms with van der Waals surface area (Å²) < 4.78 is 6.61. The van der Waals surface area contributed by atoms with Crippen molar-refractivity contribution in [3.8, 4) is 11.3 Å². The van der Waals surface area contributed by atoms with E-state index in [1.54, 1.807) is 6.20 Å². The lowest BCUT2D eigenvalue weighted by Gasteiger charge is -2.09. The quantitative estimate of drug-likeness (QED) is 0.636. The Hall–Kier alpha value is -1.75. The molecule has 1 aromatic carbocycles. The highest BCUT2D eigenvalue weighted by Gasteiger charge is 2.14. The molecule has 19 heavy (non-hydrogen) atoms. The van der Waals surface area contributed by atoms with Crippen molar-refractivity contribution in [2.24, 2.45) is 0 Å². The summed E-state index contributed by atoms with van der Waals surface area (Å²) in [6, 6.07) is 8.15. The number of carbonyl (C=O) groups excluding carboxylic acids is 1. The first-order valence-corrected chi connectivity index (χ1v) is 7.11. The minimum Gasteiger partial charge on any atom is -0.468 e. The maximum Gasteiger partial charge on any atom is 0.325 e. The van der Waals surface area contributed by atoms with Gasteiger partial charge >= 0.3 is 5.97 Å². The van der Waals surface area contributed by atoms with Gasteiger partial charge in [-0.05, 0) is 18.7 Å². The average Bonchev–Trinajstić information content (AvgIpc) is 2.82. The minimum atomic E-state index is -0.276. The second-order valence-corrected chi connectivity index (χ2v) is 4.93. The highest BCUT2D eigenvalue weighted by molar-refractivity contribution is 7.98. The SMILES string of the molecule is COC(=O)Cn1c(-c2ccc(C)cc2)cnc1SC. The van der Waals surface area contributed by atoms with Gasteiger partial charge in [0.2, 0.25) is 0 Å². The van der Waals surface area contributed by atoms with Gasteiger partial charge in [0.25, 0.3) is 0 Å². The van der Waals surface area contributed by atoms with Gasteiger partial charge in [-0.3, -0.25) is 4.79 Å². The predicted octanol–water partition coefficient (Wildman–Crippen LogP) is 2.75. The van der Waals surface area contributed by atoms with Gasteiger partial charge in [0.15, 0.2) is 5.16 Å². The average molecular weight is 276 g/mol. The first-order valence-electron chi connectivity index (χ1n) is 5.89. The molecule has 0 aliphatic carbocycles. The number of benzene rings is 1. The van der Waals surface area contributed by atoms with Crippen molar-refractivity contribution in [2.45, 2.75) is 18.6 Å². The van der Waals surface area contributed by atoms with Gasteiger partial charge < -0.3 is 9.30 Å². The molecule has 0 aliphatic heterocycles. The maximum absolute atomic E-state index is 11.5. The molecule has 0 saturated heterocycles. The van der Waals surface area contributed by atoms with E-state index in [0.29, 0.717) is 0 Å². The Balaban J connectivity index is 2.42. The molecule has 0 unspecified atom stereocenters. The second kappa shape index (κ2) is 5.93. The third kappa shape index (κ3) is 2.98. The van der Waals surface area contributed by atoms with Crippen LogP contribution in [0.4, 0.5) is 0 Å². The molecule has 2 aromatic rings. The normalized spacial score (nSPS) is 10.5. The molecule has 0 N–H and O–H groups in total. The number of rotatable bonds is 4. The molecule has 5 heteroatoms. The summed E-state index contributed by atoms with van der Waals surface area (Å²) in [6.07, 6.45) is 3.73. The topological polar surface area (TPSA) is 44.1 Å². The summed E-state index contributed by atoms with van der Waals surface area (Å²) in [5.74, 6) is -0.276. The van der Waals surface area contributed by atoms with Crippen molar-refractivity contribution >= 4 is 17.7 Å². The van der Waals surface area contributed by atoms with Gasteiger partial charge in [-0.2, -0.15) is 0 Å². The number of thioether (sulfide) groups is 1. The first-order chi connectivity index (χ1) is 9.15. The van der Waals surface area contributed by atoms with Crippen LogP contribution >= 0.6 is 11.8 Å². The number of ether oxygens (including phenoxy) is 1. The number of hydrogen-bond acceptors (Lipinski definition) is 4. The molecular weight excluding hydrogens is 260 g/mol. The first kappa shape index (κ1) is 13.7. The van der Waals surface area contributed by atoms with Gasteiger partial charge in [-0.25, -0.2) is 4.98 Å². The Kier molecular flexibility index (Phi) is 4.27. The van der Waals surface area contributed by atoms with Crippen molar-refractivity contribution in [3.63, 3.8) is 0 Å². The lowest BCUT2D eigenvalue weighted by Crippen LogP contribution is -2.13. The molecule has 4 nitrogen and oxygen atoms in total. The van der Waals surface area contributed by atoms with Gasteiger partial charge in [-0.15, -0.1) is 0 Å². The van der Waals surface area contributed by atoms with E-state index < -0.39 is 0 Å². The zero-order chi connectivity index (χ0) is 13.8. The predicted molar refractivity (Wildman–Crippen MR) is 76.2 cm³/mol. The summed E-state index contributed by atoms with van der Waals surface area (Å²) in [4.78, 5) is 15.8. The fraction of sp³-hybridized carbons (Fsp3) is 0.286. The number of carbonyl (C=O) groups is 1. The number of methoxy groups -OCH3 is 1. The van der Waals surface area contributed by atoms with Crippen LogP contribution in [0.1, 0.15) is 5.56 Å². The van der Waals surface area contributed by atoms with E-state index in [4.69, 9.17) is 4.74 Å². The van der Waals surface area contributed by atoms with Crippen LogP contribution in [0.5, 0.6) is 0 Å². The Morgan fingerprint density at radius 2 is 2.05 bits per heavy atom. The number of hydrogen-bond donors (Lipinski definition) is 0. The fourth-order valence-corrected chi connectivity index (χ4v) is 2.36. The lowest BCUT2D eigenvalue weighted by atomic mass is 10.1. The largest absolute Gasteiger partial charge is 0.468 e. The molecule has 1 heterocycles. The molecule has 0 atom stereocenters. The molecule has 100 valence electrons. The molecule has 0 saturated carbocycles. The van der Waals surface area contributed by atoms with Crippen molar-refractivity contribution in [3.05, 3.63) is 36.0 Å². The van der Waals surface area contributed by atoms with Crippen LogP contribution in [0.25, 0.3) is 11.3 Å². The zero-order valence-electron chi connectivity index (χ0n) is 11.2. The third-order valence-electron chi connectivity index (χ3n) is 2.86. The minimum absolute atomic E-state index is 0.176. The molecule has 1 aromatic heterocycles. The summed E-state index contributed by atoms with van der Waals surface area (Å²) in [5.41, 5.74) is 3.17. The molecule has 2 rings (SSSR count). The highest BCUT2D eigenvalue weighted by atomic mass is 32.2. The van der Waals surface area contributed by atoms with Crippen molar-refractivity contribution in [1.29, 1.82) is 0 Å². The van der Waals surface area contributed by atoms with Crippen molar-refractivity contribution < 1.29 is 9.53 Å². The molecular formula is C14H16N2O2S. The molecule has 0 amide bonds. The van der Waals surface area contributed by atoms with E-state index >= 15 is 0 Å². The molecule has 0 spiro atoms. The van der Waals surface area contributed by atoms with Crippen molar-refractivity contribution in [1.82, 2.24) is 9.55 Å². The van der Waals surface area contributed by atoms with Crippen LogP contribution in [0, 0.1) is 6.92 Å². The maximum atomic E-state index is 11.5. The molecule has 0 bridgehead atoms. The monoisotopic (exact) mass is 276 g/mol. The zero-order valence-corrected chi connectivity index (χ0v) is 12.0. The standard InChI is InChI=1S/C14H16N2O2S/c1-10-4-6-11(7-5-10)12-8-15-14(19-3)16(12)9-13(17)18-2/h4-8H,9H2,1-3H3. The number of imidazole rings is 1. The van der Waals surface area contributed by atoms with E-state index in [1.807, 2.05) is 42.0 Å². The van der Waals surface area contributed by atoms with E-state index in [-0.39, 0.29) is 12.5 Å². The van der Waals surface area contributed by atoms with Crippen molar-refractivity contribution in [2.75, 3.05) is 13.4 Å². The Morgan fingerprint density at radius 1 is 1.37 bits per heavy atom. The second-order valence-electron chi connectivity index (χ2n) is 4.16. The van der Waals surface area contributed by atoms with E-state index in [9.17, 15) is 4.79 Å². The number of aryl methyl sites for hydroxylation is 1. The Bertz CT molecular complexity index is 576. The van der Waals surface area contributed by atoms with Gasteiger partial charge in [0, 0.05) is 0 Å². The Morgan fingerprint density at radius 3 is 2.63 bits per heavy atom. The molecule has 0 fully saturated rings. The van der Waals surface area contributed by atoms with Gasteiger partial charge in [-0.1, -0.05) is 41.6 Å². The van der Waals surface area contributed by atoms with Crippen LogP contribution in [0.15, 0.2) is 35.6 Å². The highest BCUT2D eigenvalue weighted by Crippen LogP contribution is 2.25. The Labute approximate surface area is 116 Å². The molecule has 0 radical (unpaired) electrons. The van der Waals surface area contributed by atoms with Crippen LogP contribution in [-0.4, -0.2) is 28.9 Å². The smallest absolute Gasteiger partial charge is 0.325 e. The lowest BCUT2D eigenvalue weighted by molar-refractivity contribution is -0.141. The van der Waals surface area contributed by atoms with E-state index in [2.05, 4.69) is 4.98 Å². The summed E-state index contributed by atoms with van der Waals surface area (Å²) >= 11 is 1.51. The van der Waals surface area contributed by atoms with Gasteiger partial charge in [0.05, 0.1) is 19.0 Å². The number of nitrogens with zero attached hydrogens (tertiary/aromatic N) is 2. The summed E-state index contributed by atoms with van der Waals surface area (Å²) in [5, 5.41) is 0.806.